The van der Waals surface area contributed by atoms with E-state index in [0.717, 1.165) is 11.9 Å². The van der Waals surface area contributed by atoms with E-state index < -0.39 is 0 Å². The molecule has 0 saturated heterocycles. The van der Waals surface area contributed by atoms with E-state index in [2.05, 4.69) is 34.9 Å². The zero-order valence-corrected chi connectivity index (χ0v) is 11.0. The van der Waals surface area contributed by atoms with Crippen LogP contribution >= 0.6 is 0 Å². The molecule has 17 heavy (non-hydrogen) atoms. The largest absolute Gasteiger partial charge is 0.383 e. The van der Waals surface area contributed by atoms with Gasteiger partial charge >= 0.3 is 0 Å². The van der Waals surface area contributed by atoms with Crippen LogP contribution in [0.15, 0.2) is 12.4 Å². The molecule has 1 aromatic heterocycles. The van der Waals surface area contributed by atoms with Gasteiger partial charge in [0.05, 0.1) is 6.61 Å². The maximum absolute atomic E-state index is 5.13. The van der Waals surface area contributed by atoms with Gasteiger partial charge in [-0.25, -0.2) is 4.98 Å². The summed E-state index contributed by atoms with van der Waals surface area (Å²) in [6.07, 6.45) is 8.01. The fraction of sp³-hybridized carbons (Fsp3) is 0.769. The monoisotopic (exact) mass is 237 g/mol. The number of nitrogens with one attached hydrogen (secondary N) is 1. The van der Waals surface area contributed by atoms with Gasteiger partial charge in [-0.3, -0.25) is 0 Å². The molecule has 0 amide bonds. The van der Waals surface area contributed by atoms with Crippen molar-refractivity contribution in [2.45, 2.75) is 45.2 Å². The molecule has 0 aliphatic heterocycles. The first kappa shape index (κ1) is 12.4. The zero-order chi connectivity index (χ0) is 12.3. The summed E-state index contributed by atoms with van der Waals surface area (Å²) in [7, 11) is 1.72. The normalized spacial score (nSPS) is 19.0. The van der Waals surface area contributed by atoms with Gasteiger partial charge < -0.3 is 14.6 Å². The first-order chi connectivity index (χ1) is 8.20. The van der Waals surface area contributed by atoms with Gasteiger partial charge in [0.25, 0.3) is 0 Å². The molecule has 1 heterocycles. The molecular weight excluding hydrogens is 214 g/mol. The van der Waals surface area contributed by atoms with Gasteiger partial charge in [-0.05, 0) is 26.2 Å². The summed E-state index contributed by atoms with van der Waals surface area (Å²) >= 11 is 0. The van der Waals surface area contributed by atoms with E-state index in [1.54, 1.807) is 7.11 Å². The Morgan fingerprint density at radius 2 is 2.29 bits per heavy atom. The first-order valence-electron chi connectivity index (χ1n) is 6.49. The van der Waals surface area contributed by atoms with Gasteiger partial charge in [0, 0.05) is 31.6 Å². The van der Waals surface area contributed by atoms with Gasteiger partial charge in [0.1, 0.15) is 0 Å². The molecular formula is C13H23N3O. The molecule has 4 nitrogen and oxygen atoms in total. The summed E-state index contributed by atoms with van der Waals surface area (Å²) in [5.74, 6) is 1.90. The summed E-state index contributed by atoms with van der Waals surface area (Å²) < 4.78 is 7.37. The Balaban J connectivity index is 1.94. The maximum atomic E-state index is 5.13. The van der Waals surface area contributed by atoms with E-state index in [1.165, 1.54) is 19.3 Å². The van der Waals surface area contributed by atoms with Crippen LogP contribution in [0.2, 0.25) is 0 Å². The quantitative estimate of drug-likeness (QED) is 0.792. The molecule has 1 fully saturated rings. The number of hydrogen-bond acceptors (Lipinski definition) is 3. The molecule has 0 spiro atoms. The Morgan fingerprint density at radius 1 is 1.53 bits per heavy atom. The average Bonchev–Trinajstić information content (AvgIpc) is 2.96. The lowest BCUT2D eigenvalue weighted by Crippen LogP contribution is -2.23. The highest BCUT2D eigenvalue weighted by atomic mass is 16.5. The molecule has 4 heteroatoms. The molecule has 0 radical (unpaired) electrons. The molecule has 2 rings (SSSR count). The number of aromatic nitrogens is 2. The molecule has 1 saturated carbocycles. The SMILES string of the molecule is COCC(C)Nc1nccn1C(C)CC1CC1. The van der Waals surface area contributed by atoms with Crippen molar-refractivity contribution in [3.05, 3.63) is 12.4 Å². The summed E-state index contributed by atoms with van der Waals surface area (Å²) in [6.45, 7) is 5.07. The Labute approximate surface area is 103 Å². The van der Waals surface area contributed by atoms with E-state index in [0.29, 0.717) is 12.6 Å². The molecule has 2 unspecified atom stereocenters. The molecule has 0 bridgehead atoms. The standard InChI is InChI=1S/C13H23N3O/c1-10(9-17-3)15-13-14-6-7-16(13)11(2)8-12-4-5-12/h6-7,10-12H,4-5,8-9H2,1-3H3,(H,14,15). The number of hydrogen-bond donors (Lipinski definition) is 1. The second-order valence-electron chi connectivity index (χ2n) is 5.19. The van der Waals surface area contributed by atoms with Gasteiger partial charge in [-0.15, -0.1) is 0 Å². The lowest BCUT2D eigenvalue weighted by Gasteiger charge is -2.19. The van der Waals surface area contributed by atoms with Crippen LogP contribution < -0.4 is 5.32 Å². The van der Waals surface area contributed by atoms with Crippen LogP contribution in [0, 0.1) is 5.92 Å². The Hall–Kier alpha value is -1.03. The van der Waals surface area contributed by atoms with Crippen LogP contribution in [0.5, 0.6) is 0 Å². The third kappa shape index (κ3) is 3.46. The van der Waals surface area contributed by atoms with Crippen molar-refractivity contribution >= 4 is 5.95 Å². The molecule has 0 aromatic carbocycles. The summed E-state index contributed by atoms with van der Waals surface area (Å²) in [5, 5.41) is 3.39. The summed E-state index contributed by atoms with van der Waals surface area (Å²) in [6, 6.07) is 0.816. The van der Waals surface area contributed by atoms with E-state index in [4.69, 9.17) is 4.74 Å². The molecule has 1 aromatic rings. The summed E-state index contributed by atoms with van der Waals surface area (Å²) in [5.41, 5.74) is 0. The molecule has 1 aliphatic carbocycles. The Bertz CT molecular complexity index is 346. The van der Waals surface area contributed by atoms with Crippen molar-refractivity contribution in [3.8, 4) is 0 Å². The Kier molecular flexibility index (Phi) is 4.05. The van der Waals surface area contributed by atoms with Crippen LogP contribution in [0.4, 0.5) is 5.95 Å². The molecule has 1 N–H and O–H groups in total. The van der Waals surface area contributed by atoms with Crippen LogP contribution in [0.1, 0.15) is 39.2 Å². The highest BCUT2D eigenvalue weighted by molar-refractivity contribution is 5.28. The van der Waals surface area contributed by atoms with Crippen molar-refractivity contribution in [1.29, 1.82) is 0 Å². The second-order valence-corrected chi connectivity index (χ2v) is 5.19. The van der Waals surface area contributed by atoms with Crippen molar-refractivity contribution in [2.24, 2.45) is 5.92 Å². The van der Waals surface area contributed by atoms with E-state index in [9.17, 15) is 0 Å². The van der Waals surface area contributed by atoms with Crippen molar-refractivity contribution < 1.29 is 4.74 Å². The van der Waals surface area contributed by atoms with Crippen molar-refractivity contribution in [3.63, 3.8) is 0 Å². The van der Waals surface area contributed by atoms with Crippen LogP contribution in [-0.4, -0.2) is 29.3 Å². The number of ether oxygens (including phenoxy) is 1. The number of imidazole rings is 1. The van der Waals surface area contributed by atoms with Crippen LogP contribution in [0.25, 0.3) is 0 Å². The first-order valence-corrected chi connectivity index (χ1v) is 6.49. The Morgan fingerprint density at radius 3 is 2.94 bits per heavy atom. The zero-order valence-electron chi connectivity index (χ0n) is 11.0. The predicted molar refractivity (Wildman–Crippen MR) is 69.2 cm³/mol. The number of rotatable bonds is 7. The minimum Gasteiger partial charge on any atom is -0.383 e. The second kappa shape index (κ2) is 5.54. The van der Waals surface area contributed by atoms with Gasteiger partial charge in [-0.1, -0.05) is 12.8 Å². The fourth-order valence-corrected chi connectivity index (χ4v) is 2.24. The number of nitrogens with zero attached hydrogens (tertiary/aromatic N) is 2. The van der Waals surface area contributed by atoms with Gasteiger partial charge in [0.15, 0.2) is 0 Å². The highest BCUT2D eigenvalue weighted by Gasteiger charge is 2.25. The van der Waals surface area contributed by atoms with Crippen molar-refractivity contribution in [1.82, 2.24) is 9.55 Å². The third-order valence-corrected chi connectivity index (χ3v) is 3.31. The minimum absolute atomic E-state index is 0.286. The van der Waals surface area contributed by atoms with Crippen LogP contribution in [-0.2, 0) is 4.74 Å². The van der Waals surface area contributed by atoms with Gasteiger partial charge in [0.2, 0.25) is 5.95 Å². The van der Waals surface area contributed by atoms with E-state index >= 15 is 0 Å². The lowest BCUT2D eigenvalue weighted by atomic mass is 10.1. The topological polar surface area (TPSA) is 39.1 Å². The highest BCUT2D eigenvalue weighted by Crippen LogP contribution is 2.37. The molecule has 1 aliphatic rings. The predicted octanol–water partition coefficient (Wildman–Crippen LogP) is 2.69. The lowest BCUT2D eigenvalue weighted by molar-refractivity contribution is 0.190. The molecule has 2 atom stereocenters. The van der Waals surface area contributed by atoms with Gasteiger partial charge in [-0.2, -0.15) is 0 Å². The minimum atomic E-state index is 0.286. The van der Waals surface area contributed by atoms with E-state index in [1.807, 2.05) is 6.20 Å². The smallest absolute Gasteiger partial charge is 0.203 e. The average molecular weight is 237 g/mol. The maximum Gasteiger partial charge on any atom is 0.203 e. The third-order valence-electron chi connectivity index (χ3n) is 3.31. The van der Waals surface area contributed by atoms with Crippen LogP contribution in [0.3, 0.4) is 0 Å². The molecule has 96 valence electrons. The fourth-order valence-electron chi connectivity index (χ4n) is 2.24. The summed E-state index contributed by atoms with van der Waals surface area (Å²) in [4.78, 5) is 4.38. The number of anilines is 1. The number of methoxy groups -OCH3 is 1. The van der Waals surface area contributed by atoms with Crippen molar-refractivity contribution in [2.75, 3.05) is 19.0 Å². The van der Waals surface area contributed by atoms with E-state index in [-0.39, 0.29) is 6.04 Å².